The van der Waals surface area contributed by atoms with Gasteiger partial charge in [-0.25, -0.2) is 9.97 Å². The second-order valence-corrected chi connectivity index (χ2v) is 5.04. The minimum atomic E-state index is 0.0988. The van der Waals surface area contributed by atoms with Crippen LogP contribution in [0.2, 0.25) is 0 Å². The van der Waals surface area contributed by atoms with Gasteiger partial charge in [-0.05, 0) is 26.0 Å². The zero-order chi connectivity index (χ0) is 14.3. The number of imidazole rings is 2. The van der Waals surface area contributed by atoms with Crippen LogP contribution in [0.25, 0.3) is 22.3 Å². The van der Waals surface area contributed by atoms with Gasteiger partial charge in [0.2, 0.25) is 0 Å². The van der Waals surface area contributed by atoms with E-state index in [1.165, 1.54) is 0 Å². The molecule has 20 heavy (non-hydrogen) atoms. The zero-order valence-corrected chi connectivity index (χ0v) is 11.8. The molecule has 3 rings (SSSR count). The number of nitrogens with one attached hydrogen (secondary N) is 1. The van der Waals surface area contributed by atoms with Gasteiger partial charge in [0, 0.05) is 12.6 Å². The Kier molecular flexibility index (Phi) is 2.89. The van der Waals surface area contributed by atoms with E-state index in [-0.39, 0.29) is 5.78 Å². The van der Waals surface area contributed by atoms with E-state index in [1.54, 1.807) is 13.1 Å². The Bertz CT molecular complexity index is 797. The molecule has 0 aliphatic rings. The maximum Gasteiger partial charge on any atom is 0.137 e. The third kappa shape index (κ3) is 2.11. The SMILES string of the molecule is CC(=O)Cc1ncc(-c2ccc3c(c2)nc(C)n3C)[nH]1. The Hall–Kier alpha value is -2.43. The van der Waals surface area contributed by atoms with Gasteiger partial charge in [0.15, 0.2) is 0 Å². The fourth-order valence-corrected chi connectivity index (χ4v) is 2.32. The van der Waals surface area contributed by atoms with E-state index in [1.807, 2.05) is 26.1 Å². The number of aromatic amines is 1. The molecule has 2 heterocycles. The number of benzene rings is 1. The van der Waals surface area contributed by atoms with Crippen molar-refractivity contribution in [2.24, 2.45) is 7.05 Å². The number of hydrogen-bond acceptors (Lipinski definition) is 3. The largest absolute Gasteiger partial charge is 0.342 e. The molecule has 0 radical (unpaired) electrons. The number of ketones is 1. The summed E-state index contributed by atoms with van der Waals surface area (Å²) in [6.07, 6.45) is 2.10. The normalized spacial score (nSPS) is 11.2. The van der Waals surface area contributed by atoms with Crippen molar-refractivity contribution < 1.29 is 4.79 Å². The second kappa shape index (κ2) is 4.59. The molecule has 0 atom stereocenters. The van der Waals surface area contributed by atoms with Crippen LogP contribution in [0.15, 0.2) is 24.4 Å². The van der Waals surface area contributed by atoms with Crippen LogP contribution in [-0.2, 0) is 18.3 Å². The van der Waals surface area contributed by atoms with Crippen molar-refractivity contribution in [3.63, 3.8) is 0 Å². The van der Waals surface area contributed by atoms with E-state index in [0.717, 1.165) is 28.1 Å². The Morgan fingerprint density at radius 2 is 2.20 bits per heavy atom. The summed E-state index contributed by atoms with van der Waals surface area (Å²) in [5.41, 5.74) is 4.00. The molecular formula is C15H16N4O. The van der Waals surface area contributed by atoms with E-state index in [9.17, 15) is 4.79 Å². The van der Waals surface area contributed by atoms with Crippen LogP contribution in [0, 0.1) is 6.92 Å². The molecule has 0 amide bonds. The third-order valence-corrected chi connectivity index (χ3v) is 3.46. The standard InChI is InChI=1S/C15H16N4O/c1-9(20)6-15-16-8-13(18-15)11-4-5-14-12(7-11)17-10(2)19(14)3/h4-5,7-8H,6H2,1-3H3,(H,16,18). The fourth-order valence-electron chi connectivity index (χ4n) is 2.32. The van der Waals surface area contributed by atoms with Gasteiger partial charge in [-0.15, -0.1) is 0 Å². The number of hydrogen-bond donors (Lipinski definition) is 1. The lowest BCUT2D eigenvalue weighted by Crippen LogP contribution is -1.97. The molecule has 0 saturated carbocycles. The highest BCUT2D eigenvalue weighted by Crippen LogP contribution is 2.23. The first-order chi connectivity index (χ1) is 9.54. The molecule has 2 aromatic heterocycles. The van der Waals surface area contributed by atoms with E-state index in [0.29, 0.717) is 12.2 Å². The lowest BCUT2D eigenvalue weighted by molar-refractivity contribution is -0.116. The molecule has 0 saturated heterocycles. The van der Waals surface area contributed by atoms with Crippen LogP contribution in [0.3, 0.4) is 0 Å². The van der Waals surface area contributed by atoms with Crippen molar-refractivity contribution in [2.75, 3.05) is 0 Å². The second-order valence-electron chi connectivity index (χ2n) is 5.04. The van der Waals surface area contributed by atoms with Crippen molar-refractivity contribution >= 4 is 16.8 Å². The summed E-state index contributed by atoms with van der Waals surface area (Å²) in [5.74, 6) is 1.78. The molecular weight excluding hydrogens is 252 g/mol. The molecule has 0 fully saturated rings. The van der Waals surface area contributed by atoms with Crippen LogP contribution < -0.4 is 0 Å². The number of rotatable bonds is 3. The summed E-state index contributed by atoms with van der Waals surface area (Å²) in [4.78, 5) is 23.0. The van der Waals surface area contributed by atoms with Crippen molar-refractivity contribution in [1.82, 2.24) is 19.5 Å². The third-order valence-electron chi connectivity index (χ3n) is 3.46. The van der Waals surface area contributed by atoms with Crippen molar-refractivity contribution in [2.45, 2.75) is 20.3 Å². The highest BCUT2D eigenvalue weighted by atomic mass is 16.1. The molecule has 1 N–H and O–H groups in total. The first-order valence-electron chi connectivity index (χ1n) is 6.51. The molecule has 0 unspecified atom stereocenters. The highest BCUT2D eigenvalue weighted by Gasteiger charge is 2.08. The molecule has 5 nitrogen and oxygen atoms in total. The van der Waals surface area contributed by atoms with Crippen molar-refractivity contribution in [3.8, 4) is 11.3 Å². The molecule has 0 aliphatic carbocycles. The molecule has 1 aromatic carbocycles. The van der Waals surface area contributed by atoms with Gasteiger partial charge in [0.1, 0.15) is 17.4 Å². The predicted octanol–water partition coefficient (Wildman–Crippen LogP) is 2.40. The average Bonchev–Trinajstić information content (AvgIpc) is 2.95. The molecule has 3 aromatic rings. The average molecular weight is 268 g/mol. The topological polar surface area (TPSA) is 63.6 Å². The van der Waals surface area contributed by atoms with Gasteiger partial charge in [0.25, 0.3) is 0 Å². The predicted molar refractivity (Wildman–Crippen MR) is 77.4 cm³/mol. The van der Waals surface area contributed by atoms with E-state index >= 15 is 0 Å². The summed E-state index contributed by atoms with van der Waals surface area (Å²) in [5, 5.41) is 0. The molecule has 5 heteroatoms. The lowest BCUT2D eigenvalue weighted by Gasteiger charge is -1.99. The van der Waals surface area contributed by atoms with Crippen LogP contribution in [0.1, 0.15) is 18.6 Å². The van der Waals surface area contributed by atoms with E-state index < -0.39 is 0 Å². The molecule has 102 valence electrons. The van der Waals surface area contributed by atoms with Gasteiger partial charge in [-0.2, -0.15) is 0 Å². The minimum absolute atomic E-state index is 0.0988. The lowest BCUT2D eigenvalue weighted by atomic mass is 10.1. The Balaban J connectivity index is 2.01. The van der Waals surface area contributed by atoms with Crippen LogP contribution >= 0.6 is 0 Å². The number of aromatic nitrogens is 4. The number of fused-ring (bicyclic) bond motifs is 1. The minimum Gasteiger partial charge on any atom is -0.342 e. The van der Waals surface area contributed by atoms with Gasteiger partial charge in [0.05, 0.1) is 29.3 Å². The Labute approximate surface area is 116 Å². The van der Waals surface area contributed by atoms with Crippen LogP contribution in [0.5, 0.6) is 0 Å². The number of Topliss-reactive ketones (excluding diaryl/α,β-unsaturated/α-hetero) is 1. The van der Waals surface area contributed by atoms with Gasteiger partial charge >= 0.3 is 0 Å². The van der Waals surface area contributed by atoms with Crippen molar-refractivity contribution in [1.29, 1.82) is 0 Å². The van der Waals surface area contributed by atoms with Crippen LogP contribution in [-0.4, -0.2) is 25.3 Å². The van der Waals surface area contributed by atoms with E-state index in [4.69, 9.17) is 0 Å². The Morgan fingerprint density at radius 1 is 1.40 bits per heavy atom. The zero-order valence-electron chi connectivity index (χ0n) is 11.8. The Morgan fingerprint density at radius 3 is 2.95 bits per heavy atom. The molecule has 0 spiro atoms. The van der Waals surface area contributed by atoms with E-state index in [2.05, 4.69) is 25.6 Å². The van der Waals surface area contributed by atoms with Crippen LogP contribution in [0.4, 0.5) is 0 Å². The number of aryl methyl sites for hydroxylation is 2. The summed E-state index contributed by atoms with van der Waals surface area (Å²) < 4.78 is 2.06. The molecule has 0 aliphatic heterocycles. The first-order valence-corrected chi connectivity index (χ1v) is 6.51. The highest BCUT2D eigenvalue weighted by molar-refractivity contribution is 5.82. The number of carbonyl (C=O) groups excluding carboxylic acids is 1. The number of carbonyl (C=O) groups is 1. The van der Waals surface area contributed by atoms with Gasteiger partial charge in [-0.3, -0.25) is 4.79 Å². The number of H-pyrrole nitrogens is 1. The smallest absolute Gasteiger partial charge is 0.137 e. The summed E-state index contributed by atoms with van der Waals surface area (Å²) >= 11 is 0. The maximum absolute atomic E-state index is 11.1. The first kappa shape index (κ1) is 12.6. The fraction of sp³-hybridized carbons (Fsp3) is 0.267. The summed E-state index contributed by atoms with van der Waals surface area (Å²) in [6.45, 7) is 3.55. The number of nitrogens with zero attached hydrogens (tertiary/aromatic N) is 3. The van der Waals surface area contributed by atoms with Crippen molar-refractivity contribution in [3.05, 3.63) is 36.0 Å². The maximum atomic E-state index is 11.1. The summed E-state index contributed by atoms with van der Waals surface area (Å²) in [7, 11) is 2.01. The monoisotopic (exact) mass is 268 g/mol. The van der Waals surface area contributed by atoms with Gasteiger partial charge < -0.3 is 9.55 Å². The molecule has 0 bridgehead atoms. The van der Waals surface area contributed by atoms with Gasteiger partial charge in [-0.1, -0.05) is 6.07 Å². The quantitative estimate of drug-likeness (QED) is 0.793. The summed E-state index contributed by atoms with van der Waals surface area (Å²) in [6, 6.07) is 6.12.